The molecule has 144 valence electrons. The summed E-state index contributed by atoms with van der Waals surface area (Å²) in [4.78, 5) is 27.0. The number of hydrogen-bond donors (Lipinski definition) is 3. The van der Waals surface area contributed by atoms with Gasteiger partial charge in [0, 0.05) is 0 Å². The van der Waals surface area contributed by atoms with Gasteiger partial charge in [-0.05, 0) is 42.8 Å². The molecule has 0 fully saturated rings. The van der Waals surface area contributed by atoms with Gasteiger partial charge in [-0.1, -0.05) is 25.1 Å². The molecule has 3 N–H and O–H groups in total. The molecule has 28 heavy (non-hydrogen) atoms. The summed E-state index contributed by atoms with van der Waals surface area (Å²) in [7, 11) is 1.53. The van der Waals surface area contributed by atoms with Crippen molar-refractivity contribution in [3.8, 4) is 17.3 Å². The molecule has 0 saturated heterocycles. The molecular formula is C20H20N4O4. The SMILES string of the molecule is CC/C(=N\Nc1ccccc1)c1c(O)n(-c2ccc(OC)cc2)c(=O)[nH]c1=O. The first kappa shape index (κ1) is 19.0. The lowest BCUT2D eigenvalue weighted by Gasteiger charge is -2.13. The number of anilines is 1. The van der Waals surface area contributed by atoms with Crippen molar-refractivity contribution in [2.45, 2.75) is 13.3 Å². The molecule has 0 radical (unpaired) electrons. The summed E-state index contributed by atoms with van der Waals surface area (Å²) in [6, 6.07) is 15.7. The number of H-pyrrole nitrogens is 1. The molecule has 0 aliphatic carbocycles. The van der Waals surface area contributed by atoms with Gasteiger partial charge in [0.1, 0.15) is 11.3 Å². The quantitative estimate of drug-likeness (QED) is 0.450. The Kier molecular flexibility index (Phi) is 5.59. The molecule has 0 unspecified atom stereocenters. The summed E-state index contributed by atoms with van der Waals surface area (Å²) >= 11 is 0. The van der Waals surface area contributed by atoms with Crippen LogP contribution in [0.15, 0.2) is 69.3 Å². The third kappa shape index (κ3) is 3.80. The number of nitrogens with one attached hydrogen (secondary N) is 2. The highest BCUT2D eigenvalue weighted by Crippen LogP contribution is 2.20. The van der Waals surface area contributed by atoms with Crippen LogP contribution in [0.5, 0.6) is 11.6 Å². The van der Waals surface area contributed by atoms with Crippen LogP contribution in [0.4, 0.5) is 5.69 Å². The van der Waals surface area contributed by atoms with Crippen molar-refractivity contribution in [3.63, 3.8) is 0 Å². The third-order valence-corrected chi connectivity index (χ3v) is 4.13. The Morgan fingerprint density at radius 3 is 2.43 bits per heavy atom. The minimum atomic E-state index is -0.747. The maximum atomic E-state index is 12.4. The van der Waals surface area contributed by atoms with Crippen LogP contribution in [-0.2, 0) is 0 Å². The van der Waals surface area contributed by atoms with E-state index in [1.165, 1.54) is 7.11 Å². The highest BCUT2D eigenvalue weighted by Gasteiger charge is 2.19. The molecule has 0 aliphatic heterocycles. The third-order valence-electron chi connectivity index (χ3n) is 4.13. The number of aromatic nitrogens is 2. The molecule has 0 bridgehead atoms. The number of aromatic hydroxyl groups is 1. The first-order chi connectivity index (χ1) is 13.5. The van der Waals surface area contributed by atoms with Crippen molar-refractivity contribution in [1.29, 1.82) is 0 Å². The van der Waals surface area contributed by atoms with Gasteiger partial charge in [0.25, 0.3) is 5.56 Å². The molecule has 1 heterocycles. The van der Waals surface area contributed by atoms with Crippen molar-refractivity contribution in [1.82, 2.24) is 9.55 Å². The fourth-order valence-electron chi connectivity index (χ4n) is 2.71. The van der Waals surface area contributed by atoms with Crippen LogP contribution in [0, 0.1) is 0 Å². The van der Waals surface area contributed by atoms with E-state index in [0.717, 1.165) is 10.3 Å². The van der Waals surface area contributed by atoms with Gasteiger partial charge in [0.05, 0.1) is 24.2 Å². The van der Waals surface area contributed by atoms with Gasteiger partial charge in [-0.25, -0.2) is 9.36 Å². The topological polar surface area (TPSA) is 109 Å². The molecule has 2 aromatic carbocycles. The van der Waals surface area contributed by atoms with Gasteiger partial charge < -0.3 is 9.84 Å². The van der Waals surface area contributed by atoms with Crippen molar-refractivity contribution >= 4 is 11.4 Å². The molecule has 3 aromatic rings. The highest BCUT2D eigenvalue weighted by molar-refractivity contribution is 6.02. The van der Waals surface area contributed by atoms with Gasteiger partial charge in [-0.2, -0.15) is 5.10 Å². The summed E-state index contributed by atoms with van der Waals surface area (Å²) in [5, 5.41) is 15.0. The lowest BCUT2D eigenvalue weighted by Crippen LogP contribution is -2.33. The van der Waals surface area contributed by atoms with Crippen molar-refractivity contribution in [3.05, 3.63) is 81.0 Å². The Balaban J connectivity index is 2.09. The Labute approximate surface area is 160 Å². The molecule has 0 atom stereocenters. The molecule has 0 spiro atoms. The van der Waals surface area contributed by atoms with Gasteiger partial charge in [0.15, 0.2) is 0 Å². The van der Waals surface area contributed by atoms with Crippen LogP contribution >= 0.6 is 0 Å². The first-order valence-electron chi connectivity index (χ1n) is 8.65. The number of benzene rings is 2. The zero-order chi connectivity index (χ0) is 20.1. The predicted molar refractivity (Wildman–Crippen MR) is 108 cm³/mol. The number of ether oxygens (including phenoxy) is 1. The largest absolute Gasteiger partial charge is 0.497 e. The number of methoxy groups -OCH3 is 1. The Morgan fingerprint density at radius 2 is 1.82 bits per heavy atom. The lowest BCUT2D eigenvalue weighted by atomic mass is 10.1. The molecule has 0 saturated carbocycles. The Bertz CT molecular complexity index is 1100. The van der Waals surface area contributed by atoms with Crippen LogP contribution in [0.25, 0.3) is 5.69 Å². The molecule has 0 amide bonds. The van der Waals surface area contributed by atoms with Gasteiger partial charge in [0.2, 0.25) is 5.88 Å². The van der Waals surface area contributed by atoms with Crippen LogP contribution in [-0.4, -0.2) is 27.5 Å². The number of hydrazone groups is 1. The van der Waals surface area contributed by atoms with Gasteiger partial charge in [-0.3, -0.25) is 15.2 Å². The number of para-hydroxylation sites is 1. The van der Waals surface area contributed by atoms with Crippen LogP contribution in [0.3, 0.4) is 0 Å². The van der Waals surface area contributed by atoms with Crippen molar-refractivity contribution < 1.29 is 9.84 Å². The number of rotatable bonds is 6. The maximum Gasteiger partial charge on any atom is 0.335 e. The smallest absolute Gasteiger partial charge is 0.335 e. The number of nitrogens with zero attached hydrogens (tertiary/aromatic N) is 2. The van der Waals surface area contributed by atoms with E-state index in [0.29, 0.717) is 23.6 Å². The predicted octanol–water partition coefficient (Wildman–Crippen LogP) is 2.47. The average Bonchev–Trinajstić information content (AvgIpc) is 2.71. The second-order valence-corrected chi connectivity index (χ2v) is 5.88. The van der Waals surface area contributed by atoms with E-state index in [2.05, 4.69) is 15.5 Å². The first-order valence-corrected chi connectivity index (χ1v) is 8.65. The summed E-state index contributed by atoms with van der Waals surface area (Å²) in [6.07, 6.45) is 0.358. The second-order valence-electron chi connectivity index (χ2n) is 5.88. The average molecular weight is 380 g/mol. The minimum absolute atomic E-state index is 0.0682. The summed E-state index contributed by atoms with van der Waals surface area (Å²) in [5.74, 6) is 0.123. The second kappa shape index (κ2) is 8.26. The van der Waals surface area contributed by atoms with E-state index >= 15 is 0 Å². The fourth-order valence-corrected chi connectivity index (χ4v) is 2.71. The van der Waals surface area contributed by atoms with E-state index in [-0.39, 0.29) is 5.56 Å². The highest BCUT2D eigenvalue weighted by atomic mass is 16.5. The molecular weight excluding hydrogens is 360 g/mol. The maximum absolute atomic E-state index is 12.4. The van der Waals surface area contributed by atoms with E-state index < -0.39 is 17.1 Å². The van der Waals surface area contributed by atoms with Crippen molar-refractivity contribution in [2.75, 3.05) is 12.5 Å². The van der Waals surface area contributed by atoms with E-state index in [1.807, 2.05) is 30.3 Å². The van der Waals surface area contributed by atoms with Gasteiger partial charge in [-0.15, -0.1) is 0 Å². The van der Waals surface area contributed by atoms with Crippen LogP contribution in [0.2, 0.25) is 0 Å². The summed E-state index contributed by atoms with van der Waals surface area (Å²) in [5.41, 5.74) is 2.76. The molecule has 1 aromatic heterocycles. The minimum Gasteiger partial charge on any atom is -0.497 e. The summed E-state index contributed by atoms with van der Waals surface area (Å²) in [6.45, 7) is 1.80. The van der Waals surface area contributed by atoms with E-state index in [9.17, 15) is 14.7 Å². The van der Waals surface area contributed by atoms with E-state index in [4.69, 9.17) is 4.74 Å². The number of aromatic amines is 1. The number of hydrogen-bond acceptors (Lipinski definition) is 6. The summed E-state index contributed by atoms with van der Waals surface area (Å²) < 4.78 is 6.12. The Hall–Kier alpha value is -3.81. The lowest BCUT2D eigenvalue weighted by molar-refractivity contribution is 0.414. The molecule has 0 aliphatic rings. The Morgan fingerprint density at radius 1 is 1.14 bits per heavy atom. The van der Waals surface area contributed by atoms with Crippen molar-refractivity contribution in [2.24, 2.45) is 5.10 Å². The molecule has 8 nitrogen and oxygen atoms in total. The zero-order valence-corrected chi connectivity index (χ0v) is 15.5. The van der Waals surface area contributed by atoms with Gasteiger partial charge >= 0.3 is 5.69 Å². The fraction of sp³-hybridized carbons (Fsp3) is 0.150. The van der Waals surface area contributed by atoms with Crippen LogP contribution in [0.1, 0.15) is 18.9 Å². The standard InChI is InChI=1S/C20H20N4O4/c1-3-16(23-22-13-7-5-4-6-8-13)17-18(25)21-20(27)24(19(17)26)14-9-11-15(28-2)12-10-14/h4-12,22,26H,3H2,1-2H3,(H,21,25,27)/b23-16+. The zero-order valence-electron chi connectivity index (χ0n) is 15.5. The monoisotopic (exact) mass is 380 g/mol. The molecule has 3 rings (SSSR count). The van der Waals surface area contributed by atoms with E-state index in [1.54, 1.807) is 31.2 Å². The molecule has 8 heteroatoms. The van der Waals surface area contributed by atoms with Crippen LogP contribution < -0.4 is 21.4 Å². The normalized spacial score (nSPS) is 11.3.